The highest BCUT2D eigenvalue weighted by Gasteiger charge is 2.24. The Morgan fingerprint density at radius 1 is 1.04 bits per heavy atom. The lowest BCUT2D eigenvalue weighted by molar-refractivity contribution is 0.122. The topological polar surface area (TPSA) is 57.6 Å². The molecule has 0 radical (unpaired) electrons. The first-order valence-corrected chi connectivity index (χ1v) is 9.79. The average molecular weight is 368 g/mol. The fourth-order valence-electron chi connectivity index (χ4n) is 3.85. The van der Waals surface area contributed by atoms with E-state index in [1.54, 1.807) is 0 Å². The highest BCUT2D eigenvalue weighted by Crippen LogP contribution is 2.23. The summed E-state index contributed by atoms with van der Waals surface area (Å²) in [5.74, 6) is 1.83. The lowest BCUT2D eigenvalue weighted by Gasteiger charge is -2.37. The zero-order valence-corrected chi connectivity index (χ0v) is 16.0. The Morgan fingerprint density at radius 3 is 2.52 bits per heavy atom. The molecule has 0 N–H and O–H groups in total. The maximum Gasteiger partial charge on any atom is 0.227 e. The second-order valence-corrected chi connectivity index (χ2v) is 7.29. The molecule has 2 saturated heterocycles. The molecule has 0 unspecified atom stereocenters. The van der Waals surface area contributed by atoms with Crippen LogP contribution in [-0.2, 0) is 11.3 Å². The molecule has 0 aliphatic carbocycles. The molecule has 2 aliphatic rings. The number of pyridine rings is 1. The standard InChI is InChI=1S/C20H28N6O/c1-24(19-4-9-22-20(23-19)26-12-14-27-15-13-26)18-5-10-25(11-6-18)16-17-2-7-21-8-3-17/h2-4,7-9,18H,5-6,10-16H2,1H3. The molecule has 2 fully saturated rings. The quantitative estimate of drug-likeness (QED) is 0.798. The second-order valence-electron chi connectivity index (χ2n) is 7.29. The van der Waals surface area contributed by atoms with Crippen LogP contribution < -0.4 is 9.80 Å². The summed E-state index contributed by atoms with van der Waals surface area (Å²) in [4.78, 5) is 20.5. The van der Waals surface area contributed by atoms with E-state index < -0.39 is 0 Å². The fourth-order valence-corrected chi connectivity index (χ4v) is 3.85. The van der Waals surface area contributed by atoms with Gasteiger partial charge in [0.2, 0.25) is 5.95 Å². The minimum atomic E-state index is 0.520. The highest BCUT2D eigenvalue weighted by molar-refractivity contribution is 5.44. The smallest absolute Gasteiger partial charge is 0.227 e. The summed E-state index contributed by atoms with van der Waals surface area (Å²) in [5.41, 5.74) is 1.34. The average Bonchev–Trinajstić information content (AvgIpc) is 2.75. The first-order chi connectivity index (χ1) is 13.3. The van der Waals surface area contributed by atoms with Gasteiger partial charge >= 0.3 is 0 Å². The van der Waals surface area contributed by atoms with Gasteiger partial charge in [-0.25, -0.2) is 4.98 Å². The summed E-state index contributed by atoms with van der Waals surface area (Å²) >= 11 is 0. The molecule has 2 aliphatic heterocycles. The maximum absolute atomic E-state index is 5.43. The van der Waals surface area contributed by atoms with Gasteiger partial charge in [0.1, 0.15) is 5.82 Å². The zero-order chi connectivity index (χ0) is 18.5. The summed E-state index contributed by atoms with van der Waals surface area (Å²) in [6.07, 6.45) is 7.92. The van der Waals surface area contributed by atoms with Gasteiger partial charge in [-0.05, 0) is 36.6 Å². The van der Waals surface area contributed by atoms with Gasteiger partial charge in [0, 0.05) is 64.4 Å². The number of hydrogen-bond acceptors (Lipinski definition) is 7. The Bertz CT molecular complexity index is 713. The van der Waals surface area contributed by atoms with Crippen LogP contribution in [0.3, 0.4) is 0 Å². The first kappa shape index (κ1) is 18.1. The van der Waals surface area contributed by atoms with Crippen LogP contribution in [0, 0.1) is 0 Å². The molecule has 0 aromatic carbocycles. The summed E-state index contributed by atoms with van der Waals surface area (Å²) in [5, 5.41) is 0. The Labute approximate surface area is 161 Å². The monoisotopic (exact) mass is 368 g/mol. The zero-order valence-electron chi connectivity index (χ0n) is 16.0. The van der Waals surface area contributed by atoms with Crippen LogP contribution in [0.5, 0.6) is 0 Å². The number of ether oxygens (including phenoxy) is 1. The highest BCUT2D eigenvalue weighted by atomic mass is 16.5. The molecule has 0 saturated carbocycles. The predicted octanol–water partition coefficient (Wildman–Crippen LogP) is 1.81. The van der Waals surface area contributed by atoms with Crippen LogP contribution in [-0.4, -0.2) is 72.3 Å². The van der Waals surface area contributed by atoms with Crippen molar-refractivity contribution in [2.75, 3.05) is 56.2 Å². The summed E-state index contributed by atoms with van der Waals surface area (Å²) in [6.45, 7) is 6.45. The van der Waals surface area contributed by atoms with E-state index in [1.807, 2.05) is 24.7 Å². The summed E-state index contributed by atoms with van der Waals surface area (Å²) < 4.78 is 5.43. The minimum absolute atomic E-state index is 0.520. The van der Waals surface area contributed by atoms with Gasteiger partial charge < -0.3 is 14.5 Å². The third kappa shape index (κ3) is 4.54. The van der Waals surface area contributed by atoms with Gasteiger partial charge in [-0.1, -0.05) is 0 Å². The van der Waals surface area contributed by atoms with Crippen molar-refractivity contribution in [1.29, 1.82) is 0 Å². The summed E-state index contributed by atoms with van der Waals surface area (Å²) in [6, 6.07) is 6.75. The largest absolute Gasteiger partial charge is 0.378 e. The van der Waals surface area contributed by atoms with Crippen molar-refractivity contribution < 1.29 is 4.74 Å². The maximum atomic E-state index is 5.43. The van der Waals surface area contributed by atoms with Crippen LogP contribution in [0.15, 0.2) is 36.8 Å². The molecule has 7 heteroatoms. The molecule has 4 heterocycles. The Balaban J connectivity index is 1.34. The molecule has 4 rings (SSSR count). The number of aromatic nitrogens is 3. The van der Waals surface area contributed by atoms with Crippen molar-refractivity contribution in [3.63, 3.8) is 0 Å². The van der Waals surface area contributed by atoms with E-state index in [1.165, 1.54) is 5.56 Å². The Kier molecular flexibility index (Phi) is 5.79. The van der Waals surface area contributed by atoms with E-state index in [4.69, 9.17) is 9.72 Å². The first-order valence-electron chi connectivity index (χ1n) is 9.79. The van der Waals surface area contributed by atoms with Crippen LogP contribution in [0.25, 0.3) is 0 Å². The molecule has 27 heavy (non-hydrogen) atoms. The number of anilines is 2. The molecule has 7 nitrogen and oxygen atoms in total. The van der Waals surface area contributed by atoms with Crippen molar-refractivity contribution in [3.8, 4) is 0 Å². The van der Waals surface area contributed by atoms with Crippen LogP contribution in [0.1, 0.15) is 18.4 Å². The van der Waals surface area contributed by atoms with Crippen molar-refractivity contribution in [1.82, 2.24) is 19.9 Å². The van der Waals surface area contributed by atoms with E-state index in [0.29, 0.717) is 6.04 Å². The number of nitrogens with zero attached hydrogens (tertiary/aromatic N) is 6. The van der Waals surface area contributed by atoms with Crippen molar-refractivity contribution in [3.05, 3.63) is 42.4 Å². The van der Waals surface area contributed by atoms with Gasteiger partial charge in [-0.2, -0.15) is 4.98 Å². The van der Waals surface area contributed by atoms with Gasteiger partial charge in [0.05, 0.1) is 13.2 Å². The van der Waals surface area contributed by atoms with Gasteiger partial charge in [-0.15, -0.1) is 0 Å². The third-order valence-corrected chi connectivity index (χ3v) is 5.54. The van der Waals surface area contributed by atoms with Crippen LogP contribution >= 0.6 is 0 Å². The predicted molar refractivity (Wildman–Crippen MR) is 106 cm³/mol. The van der Waals surface area contributed by atoms with E-state index >= 15 is 0 Å². The van der Waals surface area contributed by atoms with E-state index in [9.17, 15) is 0 Å². The van der Waals surface area contributed by atoms with Crippen LogP contribution in [0.4, 0.5) is 11.8 Å². The molecular formula is C20H28N6O. The summed E-state index contributed by atoms with van der Waals surface area (Å²) in [7, 11) is 2.16. The number of likely N-dealkylation sites (tertiary alicyclic amines) is 1. The lowest BCUT2D eigenvalue weighted by Crippen LogP contribution is -2.43. The van der Waals surface area contributed by atoms with E-state index in [2.05, 4.69) is 43.8 Å². The van der Waals surface area contributed by atoms with E-state index in [0.717, 1.165) is 70.5 Å². The Morgan fingerprint density at radius 2 is 1.78 bits per heavy atom. The molecule has 0 amide bonds. The van der Waals surface area contributed by atoms with E-state index in [-0.39, 0.29) is 0 Å². The minimum Gasteiger partial charge on any atom is -0.378 e. The lowest BCUT2D eigenvalue weighted by atomic mass is 10.0. The molecular weight excluding hydrogens is 340 g/mol. The molecule has 2 aromatic heterocycles. The van der Waals surface area contributed by atoms with Gasteiger partial charge in [0.25, 0.3) is 0 Å². The number of rotatable bonds is 5. The molecule has 0 spiro atoms. The van der Waals surface area contributed by atoms with Crippen LogP contribution in [0.2, 0.25) is 0 Å². The van der Waals surface area contributed by atoms with Gasteiger partial charge in [-0.3, -0.25) is 9.88 Å². The second kappa shape index (κ2) is 8.63. The van der Waals surface area contributed by atoms with Crippen molar-refractivity contribution in [2.45, 2.75) is 25.4 Å². The third-order valence-electron chi connectivity index (χ3n) is 5.54. The van der Waals surface area contributed by atoms with Crippen molar-refractivity contribution in [2.24, 2.45) is 0 Å². The Hall–Kier alpha value is -2.25. The fraction of sp³-hybridized carbons (Fsp3) is 0.550. The molecule has 144 valence electrons. The number of piperidine rings is 1. The van der Waals surface area contributed by atoms with Gasteiger partial charge in [0.15, 0.2) is 0 Å². The van der Waals surface area contributed by atoms with Crippen molar-refractivity contribution >= 4 is 11.8 Å². The molecule has 2 aromatic rings. The SMILES string of the molecule is CN(c1ccnc(N2CCOCC2)n1)C1CCN(Cc2ccncc2)CC1. The number of morpholine rings is 1. The molecule has 0 bridgehead atoms. The molecule has 0 atom stereocenters. The normalized spacial score (nSPS) is 19.2. The number of hydrogen-bond donors (Lipinski definition) is 0.